The van der Waals surface area contributed by atoms with Gasteiger partial charge in [-0.3, -0.25) is 4.79 Å². The number of nitrogen functional groups attached to an aromatic ring is 1. The molecule has 3 N–H and O–H groups in total. The molecule has 5 aromatic rings. The lowest BCUT2D eigenvalue weighted by atomic mass is 9.97. The number of pyridine rings is 1. The summed E-state index contributed by atoms with van der Waals surface area (Å²) in [5.41, 5.74) is 8.61. The Bertz CT molecular complexity index is 1930. The van der Waals surface area contributed by atoms with Crippen LogP contribution >= 0.6 is 11.6 Å². The van der Waals surface area contributed by atoms with E-state index in [0.717, 1.165) is 12.1 Å². The second-order valence-electron chi connectivity index (χ2n) is 8.90. The first kappa shape index (κ1) is 27.2. The van der Waals surface area contributed by atoms with Crippen molar-refractivity contribution in [2.75, 3.05) is 11.1 Å². The maximum absolute atomic E-state index is 15.6. The molecule has 0 unspecified atom stereocenters. The van der Waals surface area contributed by atoms with Crippen LogP contribution in [0.25, 0.3) is 33.3 Å². The highest BCUT2D eigenvalue weighted by molar-refractivity contribution is 6.31. The molecule has 0 spiro atoms. The van der Waals surface area contributed by atoms with Gasteiger partial charge in [-0.1, -0.05) is 24.2 Å². The van der Waals surface area contributed by atoms with Gasteiger partial charge in [-0.25, -0.2) is 18.7 Å². The van der Waals surface area contributed by atoms with Gasteiger partial charge >= 0.3 is 6.01 Å². The van der Waals surface area contributed by atoms with Gasteiger partial charge in [0, 0.05) is 30.1 Å². The Morgan fingerprint density at radius 1 is 1.20 bits per heavy atom. The number of hydrogen-bond acceptors (Lipinski definition) is 7. The molecule has 12 heteroatoms. The van der Waals surface area contributed by atoms with Crippen LogP contribution in [-0.4, -0.2) is 25.4 Å². The summed E-state index contributed by atoms with van der Waals surface area (Å²) in [5, 5.41) is 13.0. The van der Waals surface area contributed by atoms with Crippen molar-refractivity contribution < 1.29 is 18.3 Å². The normalized spacial score (nSPS) is 10.8. The zero-order chi connectivity index (χ0) is 29.4. The predicted octanol–water partition coefficient (Wildman–Crippen LogP) is 6.31. The number of hydrogen-bond donors (Lipinski definition) is 2. The monoisotopic (exact) mass is 571 g/mol. The van der Waals surface area contributed by atoms with E-state index in [1.54, 1.807) is 24.6 Å². The molecule has 0 radical (unpaired) electrons. The number of nitrogens with one attached hydrogen (secondary N) is 1. The molecule has 0 aliphatic heterocycles. The number of carbonyl (C=O) groups is 1. The van der Waals surface area contributed by atoms with Gasteiger partial charge in [0.25, 0.3) is 0 Å². The molecule has 0 aliphatic rings. The third kappa shape index (κ3) is 4.92. The van der Waals surface area contributed by atoms with Gasteiger partial charge in [-0.2, -0.15) is 10.2 Å². The largest absolute Gasteiger partial charge is 0.421 e. The van der Waals surface area contributed by atoms with E-state index in [9.17, 15) is 10.1 Å². The minimum atomic E-state index is -0.757. The smallest absolute Gasteiger partial charge is 0.322 e. The summed E-state index contributed by atoms with van der Waals surface area (Å²) in [6.07, 6.45) is 3.73. The first-order valence-electron chi connectivity index (χ1n) is 12.0. The van der Waals surface area contributed by atoms with Gasteiger partial charge in [-0.15, -0.1) is 0 Å². The summed E-state index contributed by atoms with van der Waals surface area (Å²) in [4.78, 5) is 23.9. The van der Waals surface area contributed by atoms with Crippen LogP contribution in [0.1, 0.15) is 11.3 Å². The number of aryl methyl sites for hydroxylation is 2. The van der Waals surface area contributed by atoms with Crippen molar-refractivity contribution in [3.8, 4) is 40.2 Å². The summed E-state index contributed by atoms with van der Waals surface area (Å²) < 4.78 is 38.2. The van der Waals surface area contributed by atoms with Crippen LogP contribution in [0.4, 0.5) is 20.3 Å². The van der Waals surface area contributed by atoms with Crippen molar-refractivity contribution in [2.45, 2.75) is 6.92 Å². The highest BCUT2D eigenvalue weighted by Crippen LogP contribution is 2.45. The highest BCUT2D eigenvalue weighted by atomic mass is 35.5. The Morgan fingerprint density at radius 2 is 1.98 bits per heavy atom. The Hall–Kier alpha value is -5.34. The number of fused-ring (bicyclic) bond motifs is 1. The molecular formula is C29H20ClF2N7O2. The minimum absolute atomic E-state index is 0.0666. The summed E-state index contributed by atoms with van der Waals surface area (Å²) >= 11 is 5.96. The fourth-order valence-corrected chi connectivity index (χ4v) is 4.57. The molecule has 3 aromatic heterocycles. The van der Waals surface area contributed by atoms with E-state index in [1.807, 2.05) is 0 Å². The minimum Gasteiger partial charge on any atom is -0.421 e. The molecule has 0 saturated heterocycles. The van der Waals surface area contributed by atoms with Crippen molar-refractivity contribution >= 4 is 39.9 Å². The third-order valence-corrected chi connectivity index (χ3v) is 6.73. The van der Waals surface area contributed by atoms with E-state index in [-0.39, 0.29) is 34.4 Å². The number of anilines is 2. The first-order chi connectivity index (χ1) is 19.6. The number of amides is 1. The fourth-order valence-electron chi connectivity index (χ4n) is 4.48. The molecular weight excluding hydrogens is 552 g/mol. The molecule has 0 saturated carbocycles. The van der Waals surface area contributed by atoms with E-state index in [0.29, 0.717) is 38.4 Å². The molecule has 0 atom stereocenters. The molecule has 0 fully saturated rings. The quantitative estimate of drug-likeness (QED) is 0.228. The number of rotatable bonds is 6. The van der Waals surface area contributed by atoms with Crippen molar-refractivity contribution in [1.82, 2.24) is 19.5 Å². The lowest BCUT2D eigenvalue weighted by molar-refractivity contribution is -0.111. The second kappa shape index (κ2) is 10.7. The number of nitrogens with zero attached hydrogens (tertiary/aromatic N) is 5. The van der Waals surface area contributed by atoms with Crippen LogP contribution in [0.15, 0.2) is 61.4 Å². The van der Waals surface area contributed by atoms with Gasteiger partial charge in [0.05, 0.1) is 39.1 Å². The SMILES string of the molecule is C=CC(=O)Nc1ccc(-c2c(-c3ccc(Oc4ncc(Cl)c(C)n4)c(F)c3)c3c(N)ncc(C#N)c3n2C)c(F)c1. The Morgan fingerprint density at radius 3 is 2.63 bits per heavy atom. The summed E-state index contributed by atoms with van der Waals surface area (Å²) in [6, 6.07) is 10.3. The van der Waals surface area contributed by atoms with Crippen molar-refractivity contribution in [1.29, 1.82) is 5.26 Å². The Balaban J connectivity index is 1.71. The van der Waals surface area contributed by atoms with Crippen molar-refractivity contribution in [2.24, 2.45) is 7.05 Å². The zero-order valence-corrected chi connectivity index (χ0v) is 22.4. The van der Waals surface area contributed by atoms with Crippen LogP contribution in [-0.2, 0) is 11.8 Å². The lowest BCUT2D eigenvalue weighted by Crippen LogP contribution is -2.07. The van der Waals surface area contributed by atoms with Gasteiger partial charge in [-0.05, 0) is 48.9 Å². The van der Waals surface area contributed by atoms with E-state index in [4.69, 9.17) is 22.1 Å². The molecule has 2 aromatic carbocycles. The number of carbonyl (C=O) groups excluding carboxylic acids is 1. The van der Waals surface area contributed by atoms with Crippen LogP contribution in [0.5, 0.6) is 11.8 Å². The average Bonchev–Trinajstić information content (AvgIpc) is 3.25. The van der Waals surface area contributed by atoms with E-state index in [1.165, 1.54) is 36.7 Å². The molecule has 5 rings (SSSR count). The van der Waals surface area contributed by atoms with Gasteiger partial charge < -0.3 is 20.4 Å². The maximum Gasteiger partial charge on any atom is 0.322 e. The Kier molecular flexibility index (Phi) is 7.09. The Labute approximate surface area is 237 Å². The summed E-state index contributed by atoms with van der Waals surface area (Å²) in [6.45, 7) is 5.05. The van der Waals surface area contributed by atoms with Crippen LogP contribution < -0.4 is 15.8 Å². The van der Waals surface area contributed by atoms with Gasteiger partial charge in [0.15, 0.2) is 11.6 Å². The zero-order valence-electron chi connectivity index (χ0n) is 21.7. The van der Waals surface area contributed by atoms with E-state index >= 15 is 8.78 Å². The molecule has 3 heterocycles. The number of nitrogens with two attached hydrogens (primary N) is 1. The van der Waals surface area contributed by atoms with Gasteiger partial charge in [0.1, 0.15) is 17.7 Å². The van der Waals surface area contributed by atoms with Crippen LogP contribution in [0.3, 0.4) is 0 Å². The van der Waals surface area contributed by atoms with Gasteiger partial charge in [0.2, 0.25) is 5.91 Å². The number of halogens is 3. The number of aromatic nitrogens is 4. The second-order valence-corrected chi connectivity index (χ2v) is 9.30. The molecule has 0 bridgehead atoms. The highest BCUT2D eigenvalue weighted by Gasteiger charge is 2.26. The summed E-state index contributed by atoms with van der Waals surface area (Å²) in [7, 11) is 1.64. The topological polar surface area (TPSA) is 132 Å². The standard InChI is InChI=1S/C29H20ClF2N7O2/c1-4-23(40)38-17-6-7-18(20(31)10-17)27-24(25-26(39(27)3)16(11-33)12-35-28(25)34)15-5-8-22(21(32)9-15)41-29-36-13-19(30)14(2)37-29/h4-10,12-13H,1H2,2-3H3,(H2,34,35)(H,38,40). The summed E-state index contributed by atoms with van der Waals surface area (Å²) in [5.74, 6) is -2.03. The maximum atomic E-state index is 15.6. The molecule has 0 aliphatic carbocycles. The van der Waals surface area contributed by atoms with E-state index in [2.05, 4.69) is 32.9 Å². The number of benzene rings is 2. The lowest BCUT2D eigenvalue weighted by Gasteiger charge is -2.13. The number of ether oxygens (including phenoxy) is 1. The average molecular weight is 572 g/mol. The van der Waals surface area contributed by atoms with Crippen molar-refractivity contribution in [3.63, 3.8) is 0 Å². The number of nitriles is 1. The first-order valence-corrected chi connectivity index (χ1v) is 12.4. The molecule has 41 heavy (non-hydrogen) atoms. The third-order valence-electron chi connectivity index (χ3n) is 6.36. The van der Waals surface area contributed by atoms with E-state index < -0.39 is 17.5 Å². The van der Waals surface area contributed by atoms with Crippen LogP contribution in [0, 0.1) is 29.9 Å². The molecule has 1 amide bonds. The van der Waals surface area contributed by atoms with Crippen molar-refractivity contribution in [3.05, 3.63) is 89.4 Å². The van der Waals surface area contributed by atoms with Crippen LogP contribution in [0.2, 0.25) is 5.02 Å². The molecule has 204 valence electrons. The predicted molar refractivity (Wildman–Crippen MR) is 151 cm³/mol. The fraction of sp³-hybridized carbons (Fsp3) is 0.0690. The molecule has 9 nitrogen and oxygen atoms in total.